The van der Waals surface area contributed by atoms with Gasteiger partial charge in [0.15, 0.2) is 0 Å². The van der Waals surface area contributed by atoms with E-state index in [1.165, 1.54) is 0 Å². The maximum absolute atomic E-state index is 12.5. The second-order valence-corrected chi connectivity index (χ2v) is 6.13. The average Bonchev–Trinajstić information content (AvgIpc) is 2.90. The highest BCUT2D eigenvalue weighted by atomic mass is 16.3. The zero-order chi connectivity index (χ0) is 14.9. The van der Waals surface area contributed by atoms with Crippen LogP contribution in [0.1, 0.15) is 19.8 Å². The number of aliphatic hydroxyl groups is 1. The van der Waals surface area contributed by atoms with Gasteiger partial charge in [-0.1, -0.05) is 6.92 Å². The van der Waals surface area contributed by atoms with Gasteiger partial charge in [0.25, 0.3) is 0 Å². The number of likely N-dealkylation sites (tertiary alicyclic amines) is 1. The first kappa shape index (κ1) is 15.3. The minimum atomic E-state index is -0.217. The number of β-lactam (4-membered cyclic amide) rings is 1. The smallest absolute Gasteiger partial charge is 0.227 e. The van der Waals surface area contributed by atoms with Crippen molar-refractivity contribution in [2.45, 2.75) is 31.8 Å². The number of rotatable bonds is 5. The van der Waals surface area contributed by atoms with Crippen molar-refractivity contribution in [2.75, 3.05) is 33.8 Å². The molecule has 0 radical (unpaired) electrons. The van der Waals surface area contributed by atoms with Crippen LogP contribution in [0.2, 0.25) is 0 Å². The fourth-order valence-corrected chi connectivity index (χ4v) is 3.17. The van der Waals surface area contributed by atoms with Gasteiger partial charge in [-0.3, -0.25) is 9.59 Å². The van der Waals surface area contributed by atoms with Gasteiger partial charge in [-0.15, -0.1) is 0 Å². The number of carbonyl (C=O) groups excluding carboxylic acids is 2. The largest absolute Gasteiger partial charge is 0.396 e. The van der Waals surface area contributed by atoms with E-state index >= 15 is 0 Å². The lowest BCUT2D eigenvalue weighted by atomic mass is 9.79. The van der Waals surface area contributed by atoms with Gasteiger partial charge in [-0.2, -0.15) is 0 Å². The molecule has 4 atom stereocenters. The van der Waals surface area contributed by atoms with Crippen molar-refractivity contribution in [1.29, 1.82) is 0 Å². The Morgan fingerprint density at radius 2 is 2.25 bits per heavy atom. The normalized spacial score (nSPS) is 31.1. The molecule has 0 aromatic rings. The number of hydrogen-bond donors (Lipinski definition) is 2. The van der Waals surface area contributed by atoms with Crippen LogP contribution in [0.3, 0.4) is 0 Å². The molecular weight excluding hydrogens is 258 g/mol. The summed E-state index contributed by atoms with van der Waals surface area (Å²) in [6.45, 7) is 3.42. The van der Waals surface area contributed by atoms with E-state index in [9.17, 15) is 9.59 Å². The first-order chi connectivity index (χ1) is 9.45. The van der Waals surface area contributed by atoms with Crippen LogP contribution in [0, 0.1) is 11.8 Å². The third-order valence-corrected chi connectivity index (χ3v) is 4.65. The van der Waals surface area contributed by atoms with E-state index in [4.69, 9.17) is 5.11 Å². The summed E-state index contributed by atoms with van der Waals surface area (Å²) >= 11 is 0. The molecule has 2 aliphatic heterocycles. The monoisotopic (exact) mass is 283 g/mol. The Morgan fingerprint density at radius 3 is 2.75 bits per heavy atom. The number of nitrogens with zero attached hydrogens (tertiary/aromatic N) is 2. The number of aliphatic hydroxyl groups excluding tert-OH is 1. The molecule has 0 bridgehead atoms. The molecule has 2 amide bonds. The average molecular weight is 283 g/mol. The van der Waals surface area contributed by atoms with Gasteiger partial charge < -0.3 is 20.2 Å². The van der Waals surface area contributed by atoms with Crippen molar-refractivity contribution in [3.63, 3.8) is 0 Å². The lowest BCUT2D eigenvalue weighted by molar-refractivity contribution is -0.144. The Bertz CT molecular complexity index is 386. The first-order valence-corrected chi connectivity index (χ1v) is 7.32. The molecule has 0 aromatic carbocycles. The molecule has 0 unspecified atom stereocenters. The Hall–Kier alpha value is -1.14. The highest BCUT2D eigenvalue weighted by molar-refractivity contribution is 5.89. The molecule has 0 saturated carbocycles. The van der Waals surface area contributed by atoms with E-state index < -0.39 is 0 Å². The fourth-order valence-electron chi connectivity index (χ4n) is 3.17. The summed E-state index contributed by atoms with van der Waals surface area (Å²) in [6.07, 6.45) is 1.44. The maximum Gasteiger partial charge on any atom is 0.227 e. The highest BCUT2D eigenvalue weighted by Crippen LogP contribution is 2.27. The van der Waals surface area contributed by atoms with Gasteiger partial charge in [0.05, 0.1) is 17.9 Å². The lowest BCUT2D eigenvalue weighted by Gasteiger charge is -2.40. The zero-order valence-electron chi connectivity index (χ0n) is 12.5. The molecular formula is C14H25N3O3. The minimum Gasteiger partial charge on any atom is -0.396 e. The summed E-state index contributed by atoms with van der Waals surface area (Å²) in [5.41, 5.74) is 0. The van der Waals surface area contributed by atoms with Crippen LogP contribution in [0.5, 0.6) is 0 Å². The molecule has 6 heteroatoms. The van der Waals surface area contributed by atoms with E-state index in [1.807, 2.05) is 25.9 Å². The maximum atomic E-state index is 12.5. The fraction of sp³-hybridized carbons (Fsp3) is 0.857. The molecule has 2 rings (SSSR count). The Kier molecular flexibility index (Phi) is 4.65. The van der Waals surface area contributed by atoms with Gasteiger partial charge in [-0.05, 0) is 26.9 Å². The summed E-state index contributed by atoms with van der Waals surface area (Å²) in [6, 6.07) is 0.302. The second-order valence-electron chi connectivity index (χ2n) is 6.13. The molecule has 2 saturated heterocycles. The topological polar surface area (TPSA) is 72.9 Å². The molecule has 0 spiro atoms. The van der Waals surface area contributed by atoms with Crippen molar-refractivity contribution in [3.8, 4) is 0 Å². The van der Waals surface area contributed by atoms with Crippen molar-refractivity contribution >= 4 is 11.8 Å². The van der Waals surface area contributed by atoms with Crippen LogP contribution in [0.15, 0.2) is 0 Å². The highest BCUT2D eigenvalue weighted by Gasteiger charge is 2.45. The summed E-state index contributed by atoms with van der Waals surface area (Å²) in [4.78, 5) is 28.0. The number of amides is 2. The second kappa shape index (κ2) is 6.10. The number of hydrogen-bond acceptors (Lipinski definition) is 4. The summed E-state index contributed by atoms with van der Waals surface area (Å²) in [5, 5.41) is 11.8. The van der Waals surface area contributed by atoms with Gasteiger partial charge in [0.2, 0.25) is 11.8 Å². The third kappa shape index (κ3) is 2.81. The molecule has 114 valence electrons. The quantitative estimate of drug-likeness (QED) is 0.653. The van der Waals surface area contributed by atoms with Gasteiger partial charge in [0, 0.05) is 25.7 Å². The molecule has 2 heterocycles. The molecule has 6 nitrogen and oxygen atoms in total. The first-order valence-electron chi connectivity index (χ1n) is 7.32. The van der Waals surface area contributed by atoms with Crippen molar-refractivity contribution in [1.82, 2.24) is 15.1 Å². The predicted octanol–water partition coefficient (Wildman–Crippen LogP) is -0.718. The molecule has 2 aliphatic rings. The van der Waals surface area contributed by atoms with Crippen LogP contribution < -0.4 is 5.32 Å². The van der Waals surface area contributed by atoms with Crippen LogP contribution >= 0.6 is 0 Å². The van der Waals surface area contributed by atoms with Crippen LogP contribution in [0.4, 0.5) is 0 Å². The van der Waals surface area contributed by atoms with Gasteiger partial charge in [0.1, 0.15) is 0 Å². The van der Waals surface area contributed by atoms with E-state index in [2.05, 4.69) is 10.2 Å². The summed E-state index contributed by atoms with van der Waals surface area (Å²) < 4.78 is 0. The minimum absolute atomic E-state index is 0.0120. The van der Waals surface area contributed by atoms with Crippen LogP contribution in [-0.2, 0) is 9.59 Å². The number of carbonyl (C=O) groups is 2. The van der Waals surface area contributed by atoms with Gasteiger partial charge >= 0.3 is 0 Å². The summed E-state index contributed by atoms with van der Waals surface area (Å²) in [7, 11) is 4.07. The molecule has 2 N–H and O–H groups in total. The van der Waals surface area contributed by atoms with E-state index in [-0.39, 0.29) is 36.3 Å². The Labute approximate surface area is 120 Å². The number of nitrogens with one attached hydrogen (secondary N) is 1. The Balaban J connectivity index is 1.91. The Morgan fingerprint density at radius 1 is 1.55 bits per heavy atom. The van der Waals surface area contributed by atoms with E-state index in [1.54, 1.807) is 0 Å². The predicted molar refractivity (Wildman–Crippen MR) is 75.0 cm³/mol. The van der Waals surface area contributed by atoms with Crippen LogP contribution in [-0.4, -0.2) is 72.6 Å². The van der Waals surface area contributed by atoms with Crippen molar-refractivity contribution < 1.29 is 14.7 Å². The molecule has 0 aromatic heterocycles. The number of likely N-dealkylation sites (N-methyl/N-ethyl adjacent to an activating group) is 1. The van der Waals surface area contributed by atoms with Crippen molar-refractivity contribution in [2.24, 2.45) is 11.8 Å². The SMILES string of the molecule is C[C@@H](C(=O)N1CC[C@@H](N(C)C)C1)[C@H]1NC(=O)[C@H]1CCO. The van der Waals surface area contributed by atoms with E-state index in [0.717, 1.165) is 19.5 Å². The molecule has 0 aliphatic carbocycles. The lowest BCUT2D eigenvalue weighted by Crippen LogP contribution is -2.63. The third-order valence-electron chi connectivity index (χ3n) is 4.65. The molecule has 2 fully saturated rings. The van der Waals surface area contributed by atoms with Crippen LogP contribution in [0.25, 0.3) is 0 Å². The summed E-state index contributed by atoms with van der Waals surface area (Å²) in [5.74, 6) is -0.366. The van der Waals surface area contributed by atoms with Gasteiger partial charge in [-0.25, -0.2) is 0 Å². The molecule has 20 heavy (non-hydrogen) atoms. The van der Waals surface area contributed by atoms with E-state index in [0.29, 0.717) is 12.5 Å². The zero-order valence-corrected chi connectivity index (χ0v) is 12.5. The standard InChI is InChI=1S/C14H25N3O3/c1-9(12-11(5-7-18)13(19)15-12)14(20)17-6-4-10(8-17)16(2)3/h9-12,18H,4-8H2,1-3H3,(H,15,19)/t9-,10-,11+,12-/m1/s1. The van der Waals surface area contributed by atoms with Crippen molar-refractivity contribution in [3.05, 3.63) is 0 Å².